The summed E-state index contributed by atoms with van der Waals surface area (Å²) in [7, 11) is 1.31. The van der Waals surface area contributed by atoms with Crippen molar-refractivity contribution < 1.29 is 37.7 Å². The van der Waals surface area contributed by atoms with E-state index in [-0.39, 0.29) is 26.2 Å². The molecule has 0 radical (unpaired) electrons. The average Bonchev–Trinajstić information content (AvgIpc) is 3.06. The second-order valence-corrected chi connectivity index (χ2v) is 7.04. The molecule has 0 aromatic carbocycles. The predicted octanol–water partition coefficient (Wildman–Crippen LogP) is -0.325. The van der Waals surface area contributed by atoms with Crippen molar-refractivity contribution in [2.24, 2.45) is 7.05 Å². The molecule has 9 nitrogen and oxygen atoms in total. The summed E-state index contributed by atoms with van der Waals surface area (Å²) in [6.45, 7) is 1.42. The van der Waals surface area contributed by atoms with Crippen LogP contribution in [-0.4, -0.2) is 81.1 Å². The smallest absolute Gasteiger partial charge is 0.393 e. The first kappa shape index (κ1) is 23.1. The number of aryl methyl sites for hydroxylation is 1. The third-order valence-corrected chi connectivity index (χ3v) is 4.73. The first-order valence-corrected chi connectivity index (χ1v) is 9.09. The van der Waals surface area contributed by atoms with Crippen molar-refractivity contribution in [3.8, 4) is 0 Å². The fraction of sp³-hybridized carbons (Fsp3) is 0.706. The van der Waals surface area contributed by atoms with Gasteiger partial charge in [0.1, 0.15) is 5.82 Å². The minimum atomic E-state index is -5.03. The molecule has 1 aliphatic rings. The number of nitrogens with zero attached hydrogens (tertiary/aromatic N) is 3. The Hall–Kier alpha value is -2.18. The van der Waals surface area contributed by atoms with Gasteiger partial charge in [0.25, 0.3) is 0 Å². The standard InChI is InChI=1S/C17H25F3N4O5/c1-11(25)9-12-10-29-8-7-24(12)14(27)13(26)21-4-3-16(28,17(18,19)20)15-22-5-6-23(15)2/h5-6,11-12,25,28H,3-4,7-10H2,1-2H3,(H,21,26)/t11-,12-,16+/m0/s1. The summed E-state index contributed by atoms with van der Waals surface area (Å²) in [6, 6.07) is -0.512. The minimum Gasteiger partial charge on any atom is -0.393 e. The average molecular weight is 422 g/mol. The van der Waals surface area contributed by atoms with Crippen LogP contribution in [0, 0.1) is 0 Å². The van der Waals surface area contributed by atoms with E-state index in [2.05, 4.69) is 10.3 Å². The highest BCUT2D eigenvalue weighted by atomic mass is 19.4. The number of amides is 2. The van der Waals surface area contributed by atoms with Gasteiger partial charge in [0, 0.05) is 39.0 Å². The molecule has 1 fully saturated rings. The van der Waals surface area contributed by atoms with Crippen molar-refractivity contribution >= 4 is 11.8 Å². The molecule has 2 heterocycles. The number of imidazole rings is 1. The highest BCUT2D eigenvalue weighted by Crippen LogP contribution is 2.40. The largest absolute Gasteiger partial charge is 0.424 e. The molecule has 0 saturated carbocycles. The van der Waals surface area contributed by atoms with Crippen molar-refractivity contribution in [2.75, 3.05) is 26.3 Å². The third-order valence-electron chi connectivity index (χ3n) is 4.73. The summed E-state index contributed by atoms with van der Waals surface area (Å²) >= 11 is 0. The van der Waals surface area contributed by atoms with Crippen molar-refractivity contribution in [1.29, 1.82) is 0 Å². The normalized spacial score (nSPS) is 20.8. The van der Waals surface area contributed by atoms with Crippen LogP contribution >= 0.6 is 0 Å². The Labute approximate surface area is 165 Å². The Morgan fingerprint density at radius 1 is 1.45 bits per heavy atom. The Morgan fingerprint density at radius 3 is 2.69 bits per heavy atom. The lowest BCUT2D eigenvalue weighted by Gasteiger charge is -2.35. The van der Waals surface area contributed by atoms with Gasteiger partial charge in [-0.05, 0) is 13.3 Å². The molecular weight excluding hydrogens is 397 g/mol. The fourth-order valence-electron chi connectivity index (χ4n) is 3.22. The first-order chi connectivity index (χ1) is 13.5. The number of nitrogens with one attached hydrogen (secondary N) is 1. The van der Waals surface area contributed by atoms with Crippen molar-refractivity contribution in [3.63, 3.8) is 0 Å². The lowest BCUT2D eigenvalue weighted by Crippen LogP contribution is -2.54. The second-order valence-electron chi connectivity index (χ2n) is 7.04. The minimum absolute atomic E-state index is 0.128. The highest BCUT2D eigenvalue weighted by Gasteiger charge is 2.57. The number of carbonyl (C=O) groups is 2. The topological polar surface area (TPSA) is 117 Å². The van der Waals surface area contributed by atoms with E-state index in [4.69, 9.17) is 4.74 Å². The zero-order valence-electron chi connectivity index (χ0n) is 16.1. The van der Waals surface area contributed by atoms with Crippen LogP contribution in [0.25, 0.3) is 0 Å². The number of carbonyl (C=O) groups excluding carboxylic acids is 2. The third kappa shape index (κ3) is 5.25. The van der Waals surface area contributed by atoms with E-state index >= 15 is 0 Å². The Balaban J connectivity index is 2.01. The van der Waals surface area contributed by atoms with Gasteiger partial charge in [-0.1, -0.05) is 0 Å². The molecule has 164 valence electrons. The zero-order chi connectivity index (χ0) is 21.8. The molecule has 0 unspecified atom stereocenters. The molecule has 1 aliphatic heterocycles. The lowest BCUT2D eigenvalue weighted by molar-refractivity contribution is -0.272. The van der Waals surface area contributed by atoms with E-state index in [9.17, 15) is 33.0 Å². The predicted molar refractivity (Wildman–Crippen MR) is 93.4 cm³/mol. The molecule has 2 rings (SSSR count). The maximum atomic E-state index is 13.5. The summed E-state index contributed by atoms with van der Waals surface area (Å²) in [5.74, 6) is -2.63. The van der Waals surface area contributed by atoms with Crippen LogP contribution in [-0.2, 0) is 27.0 Å². The van der Waals surface area contributed by atoms with E-state index in [0.29, 0.717) is 0 Å². The number of aliphatic hydroxyl groups excluding tert-OH is 1. The number of alkyl halides is 3. The molecule has 2 amide bonds. The van der Waals surface area contributed by atoms with Gasteiger partial charge in [-0.3, -0.25) is 9.59 Å². The van der Waals surface area contributed by atoms with Gasteiger partial charge >= 0.3 is 18.0 Å². The number of rotatable bonds is 6. The quantitative estimate of drug-likeness (QED) is 0.541. The van der Waals surface area contributed by atoms with E-state index in [0.717, 1.165) is 10.8 Å². The number of hydrogen-bond acceptors (Lipinski definition) is 6. The summed E-state index contributed by atoms with van der Waals surface area (Å²) in [6.07, 6.45) is -4.09. The molecule has 1 aromatic heterocycles. The van der Waals surface area contributed by atoms with Gasteiger partial charge in [0.2, 0.25) is 5.60 Å². The molecule has 29 heavy (non-hydrogen) atoms. The molecule has 0 aliphatic carbocycles. The van der Waals surface area contributed by atoms with E-state index in [1.54, 1.807) is 0 Å². The van der Waals surface area contributed by atoms with Gasteiger partial charge in [0.15, 0.2) is 0 Å². The number of aliphatic hydroxyl groups is 2. The zero-order valence-corrected chi connectivity index (χ0v) is 16.1. The molecule has 0 bridgehead atoms. The first-order valence-electron chi connectivity index (χ1n) is 9.09. The van der Waals surface area contributed by atoms with E-state index in [1.165, 1.54) is 25.1 Å². The molecule has 1 aromatic rings. The summed E-state index contributed by atoms with van der Waals surface area (Å²) < 4.78 is 46.7. The van der Waals surface area contributed by atoms with Crippen molar-refractivity contribution in [1.82, 2.24) is 19.8 Å². The Morgan fingerprint density at radius 2 is 2.14 bits per heavy atom. The van der Waals surface area contributed by atoms with Crippen LogP contribution < -0.4 is 5.32 Å². The molecule has 0 spiro atoms. The highest BCUT2D eigenvalue weighted by molar-refractivity contribution is 6.35. The van der Waals surface area contributed by atoms with E-state index < -0.39 is 54.5 Å². The maximum Gasteiger partial charge on any atom is 0.424 e. The number of morpholine rings is 1. The number of hydrogen-bond donors (Lipinski definition) is 3. The van der Waals surface area contributed by atoms with Gasteiger partial charge < -0.3 is 29.7 Å². The number of ether oxygens (including phenoxy) is 1. The van der Waals surface area contributed by atoms with Crippen LogP contribution in [0.2, 0.25) is 0 Å². The maximum absolute atomic E-state index is 13.5. The molecule has 3 atom stereocenters. The lowest BCUT2D eigenvalue weighted by atomic mass is 9.97. The van der Waals surface area contributed by atoms with Crippen molar-refractivity contribution in [2.45, 2.75) is 43.7 Å². The van der Waals surface area contributed by atoms with Gasteiger partial charge in [-0.15, -0.1) is 0 Å². The summed E-state index contributed by atoms with van der Waals surface area (Å²) in [5, 5.41) is 21.9. The van der Waals surface area contributed by atoms with Gasteiger partial charge in [0.05, 0.1) is 25.4 Å². The summed E-state index contributed by atoms with van der Waals surface area (Å²) in [4.78, 5) is 29.4. The number of halogens is 3. The SMILES string of the molecule is C[C@H](O)C[C@H]1COCCN1C(=O)C(=O)NCC[C@@](O)(c1nccn1C)C(F)(F)F. The van der Waals surface area contributed by atoms with Crippen LogP contribution in [0.3, 0.4) is 0 Å². The monoisotopic (exact) mass is 422 g/mol. The van der Waals surface area contributed by atoms with Crippen LogP contribution in [0.5, 0.6) is 0 Å². The molecule has 1 saturated heterocycles. The fourth-order valence-corrected chi connectivity index (χ4v) is 3.22. The Bertz CT molecular complexity index is 724. The number of aromatic nitrogens is 2. The molecule has 12 heteroatoms. The van der Waals surface area contributed by atoms with Crippen molar-refractivity contribution in [3.05, 3.63) is 18.2 Å². The van der Waals surface area contributed by atoms with Crippen LogP contribution in [0.15, 0.2) is 12.4 Å². The summed E-state index contributed by atoms with van der Waals surface area (Å²) in [5.41, 5.74) is -3.28. The van der Waals surface area contributed by atoms with E-state index in [1.807, 2.05) is 0 Å². The molecular formula is C17H25F3N4O5. The Kier molecular flexibility index (Phi) is 7.25. The second kappa shape index (κ2) is 9.09. The van der Waals surface area contributed by atoms with Crippen LogP contribution in [0.1, 0.15) is 25.6 Å². The van der Waals surface area contributed by atoms with Gasteiger partial charge in [-0.2, -0.15) is 13.2 Å². The molecule has 3 N–H and O–H groups in total. The van der Waals surface area contributed by atoms with Gasteiger partial charge in [-0.25, -0.2) is 4.98 Å². The van der Waals surface area contributed by atoms with Crippen LogP contribution in [0.4, 0.5) is 13.2 Å².